The van der Waals surface area contributed by atoms with E-state index in [-0.39, 0.29) is 5.91 Å². The number of rotatable bonds is 2. The van der Waals surface area contributed by atoms with Crippen molar-refractivity contribution < 1.29 is 4.79 Å². The molecule has 0 spiro atoms. The summed E-state index contributed by atoms with van der Waals surface area (Å²) in [5, 5.41) is 7.60. The predicted octanol–water partition coefficient (Wildman–Crippen LogP) is 1.22. The van der Waals surface area contributed by atoms with Gasteiger partial charge in [0.05, 0.1) is 6.21 Å². The summed E-state index contributed by atoms with van der Waals surface area (Å²) in [5.41, 5.74) is 3.32. The Kier molecular flexibility index (Phi) is 2.80. The lowest BCUT2D eigenvalue weighted by molar-refractivity contribution is -0.118. The average molecular weight is 168 g/mol. The summed E-state index contributed by atoms with van der Waals surface area (Å²) >= 11 is 1.59. The molecule has 0 aliphatic rings. The Morgan fingerprint density at radius 1 is 1.82 bits per heavy atom. The standard InChI is InChI=1S/C7H8N2OS/c1-6(10)9-8-4-7-2-3-11-5-7/h2-5H,1H3,(H,9,10)/b8-4+. The summed E-state index contributed by atoms with van der Waals surface area (Å²) in [6.45, 7) is 1.42. The van der Waals surface area contributed by atoms with Crippen molar-refractivity contribution in [3.05, 3.63) is 22.4 Å². The van der Waals surface area contributed by atoms with Crippen molar-refractivity contribution in [1.82, 2.24) is 5.43 Å². The van der Waals surface area contributed by atoms with E-state index in [2.05, 4.69) is 10.5 Å². The first-order chi connectivity index (χ1) is 5.29. The molecular weight excluding hydrogens is 160 g/mol. The first-order valence-corrected chi connectivity index (χ1v) is 4.05. The van der Waals surface area contributed by atoms with E-state index in [9.17, 15) is 4.79 Å². The van der Waals surface area contributed by atoms with E-state index >= 15 is 0 Å². The highest BCUT2D eigenvalue weighted by Gasteiger charge is 1.86. The largest absolute Gasteiger partial charge is 0.274 e. The molecule has 58 valence electrons. The lowest BCUT2D eigenvalue weighted by Gasteiger charge is -1.88. The van der Waals surface area contributed by atoms with Gasteiger partial charge in [-0.3, -0.25) is 4.79 Å². The number of amides is 1. The molecule has 11 heavy (non-hydrogen) atoms. The molecule has 4 heteroatoms. The van der Waals surface area contributed by atoms with Gasteiger partial charge in [0.2, 0.25) is 5.91 Å². The first kappa shape index (κ1) is 7.94. The summed E-state index contributed by atoms with van der Waals surface area (Å²) in [7, 11) is 0. The molecule has 0 unspecified atom stereocenters. The third-order valence-electron chi connectivity index (χ3n) is 0.979. The van der Waals surface area contributed by atoms with E-state index in [1.54, 1.807) is 17.6 Å². The molecule has 1 heterocycles. The normalized spacial score (nSPS) is 10.3. The molecule has 1 rings (SSSR count). The molecule has 3 nitrogen and oxygen atoms in total. The highest BCUT2D eigenvalue weighted by atomic mass is 32.1. The Balaban J connectivity index is 2.43. The van der Waals surface area contributed by atoms with Crippen LogP contribution in [0.1, 0.15) is 12.5 Å². The maximum atomic E-state index is 10.3. The topological polar surface area (TPSA) is 41.5 Å². The molecule has 0 atom stereocenters. The van der Waals surface area contributed by atoms with Crippen LogP contribution in [0.5, 0.6) is 0 Å². The molecule has 0 saturated heterocycles. The van der Waals surface area contributed by atoms with Crippen LogP contribution in [0.2, 0.25) is 0 Å². The van der Waals surface area contributed by atoms with Gasteiger partial charge >= 0.3 is 0 Å². The van der Waals surface area contributed by atoms with Crippen molar-refractivity contribution in [3.63, 3.8) is 0 Å². The zero-order chi connectivity index (χ0) is 8.10. The van der Waals surface area contributed by atoms with E-state index in [1.165, 1.54) is 6.92 Å². The average Bonchev–Trinajstić information content (AvgIpc) is 2.39. The lowest BCUT2D eigenvalue weighted by atomic mass is 10.4. The molecule has 0 radical (unpaired) electrons. The fourth-order valence-corrected chi connectivity index (χ4v) is 1.16. The number of nitrogens with one attached hydrogen (secondary N) is 1. The van der Waals surface area contributed by atoms with Crippen molar-refractivity contribution in [2.75, 3.05) is 0 Å². The fraction of sp³-hybridized carbons (Fsp3) is 0.143. The summed E-state index contributed by atoms with van der Waals surface area (Å²) in [5.74, 6) is -0.156. The summed E-state index contributed by atoms with van der Waals surface area (Å²) in [4.78, 5) is 10.3. The summed E-state index contributed by atoms with van der Waals surface area (Å²) in [6, 6.07) is 1.93. The Labute approximate surface area is 68.7 Å². The predicted molar refractivity (Wildman–Crippen MR) is 45.7 cm³/mol. The molecule has 0 aliphatic carbocycles. The second kappa shape index (κ2) is 3.88. The number of hydrogen-bond acceptors (Lipinski definition) is 3. The Morgan fingerprint density at radius 2 is 2.64 bits per heavy atom. The van der Waals surface area contributed by atoms with Crippen LogP contribution in [0.3, 0.4) is 0 Å². The summed E-state index contributed by atoms with van der Waals surface area (Å²) < 4.78 is 0. The van der Waals surface area contributed by atoms with E-state index in [0.717, 1.165) is 5.56 Å². The number of carbonyl (C=O) groups is 1. The second-order valence-corrected chi connectivity index (χ2v) is 2.76. The minimum absolute atomic E-state index is 0.156. The van der Waals surface area contributed by atoms with Crippen molar-refractivity contribution in [2.24, 2.45) is 5.10 Å². The fourth-order valence-electron chi connectivity index (χ4n) is 0.546. The van der Waals surface area contributed by atoms with Gasteiger partial charge in [-0.15, -0.1) is 0 Å². The van der Waals surface area contributed by atoms with Crippen LogP contribution < -0.4 is 5.43 Å². The minimum Gasteiger partial charge on any atom is -0.274 e. The molecule has 1 aromatic rings. The monoisotopic (exact) mass is 168 g/mol. The van der Waals surface area contributed by atoms with Crippen molar-refractivity contribution >= 4 is 23.5 Å². The van der Waals surface area contributed by atoms with Gasteiger partial charge in [-0.1, -0.05) is 0 Å². The maximum Gasteiger partial charge on any atom is 0.236 e. The molecule has 0 aromatic carbocycles. The van der Waals surface area contributed by atoms with Crippen LogP contribution in [-0.2, 0) is 4.79 Å². The molecule has 0 saturated carbocycles. The zero-order valence-corrected chi connectivity index (χ0v) is 6.89. The van der Waals surface area contributed by atoms with Crippen molar-refractivity contribution in [1.29, 1.82) is 0 Å². The van der Waals surface area contributed by atoms with Gasteiger partial charge in [0.15, 0.2) is 0 Å². The van der Waals surface area contributed by atoms with Gasteiger partial charge in [0.1, 0.15) is 0 Å². The lowest BCUT2D eigenvalue weighted by Crippen LogP contribution is -2.11. The molecule has 1 N–H and O–H groups in total. The Bertz CT molecular complexity index is 253. The van der Waals surface area contributed by atoms with Crippen LogP contribution in [0.4, 0.5) is 0 Å². The smallest absolute Gasteiger partial charge is 0.236 e. The van der Waals surface area contributed by atoms with Gasteiger partial charge in [0, 0.05) is 12.5 Å². The molecule has 0 aliphatic heterocycles. The van der Waals surface area contributed by atoms with Crippen LogP contribution in [0.25, 0.3) is 0 Å². The van der Waals surface area contributed by atoms with Gasteiger partial charge in [-0.2, -0.15) is 16.4 Å². The molecule has 1 amide bonds. The maximum absolute atomic E-state index is 10.3. The number of hydrazone groups is 1. The Morgan fingerprint density at radius 3 is 3.18 bits per heavy atom. The quantitative estimate of drug-likeness (QED) is 0.523. The highest BCUT2D eigenvalue weighted by molar-refractivity contribution is 7.08. The van der Waals surface area contributed by atoms with E-state index in [0.29, 0.717) is 0 Å². The zero-order valence-electron chi connectivity index (χ0n) is 6.07. The van der Waals surface area contributed by atoms with Crippen molar-refractivity contribution in [2.45, 2.75) is 6.92 Å². The van der Waals surface area contributed by atoms with Crippen molar-refractivity contribution in [3.8, 4) is 0 Å². The SMILES string of the molecule is CC(=O)N/N=C/c1ccsc1. The molecule has 0 bridgehead atoms. The van der Waals surface area contributed by atoms with Crippen LogP contribution >= 0.6 is 11.3 Å². The minimum atomic E-state index is -0.156. The van der Waals surface area contributed by atoms with E-state index < -0.39 is 0 Å². The number of hydrogen-bond donors (Lipinski definition) is 1. The first-order valence-electron chi connectivity index (χ1n) is 3.11. The van der Waals surface area contributed by atoms with Crippen LogP contribution in [0, 0.1) is 0 Å². The third-order valence-corrected chi connectivity index (χ3v) is 1.68. The number of carbonyl (C=O) groups excluding carboxylic acids is 1. The van der Waals surface area contributed by atoms with Gasteiger partial charge in [-0.05, 0) is 16.8 Å². The Hall–Kier alpha value is -1.16. The molecular formula is C7H8N2OS. The van der Waals surface area contributed by atoms with Crippen LogP contribution in [-0.4, -0.2) is 12.1 Å². The van der Waals surface area contributed by atoms with E-state index in [4.69, 9.17) is 0 Å². The van der Waals surface area contributed by atoms with Gasteiger partial charge in [-0.25, -0.2) is 5.43 Å². The number of nitrogens with zero attached hydrogens (tertiary/aromatic N) is 1. The second-order valence-electron chi connectivity index (χ2n) is 1.98. The molecule has 1 aromatic heterocycles. The van der Waals surface area contributed by atoms with Gasteiger partial charge in [0.25, 0.3) is 0 Å². The molecule has 0 fully saturated rings. The van der Waals surface area contributed by atoms with E-state index in [1.807, 2.05) is 16.8 Å². The number of thiophene rings is 1. The highest BCUT2D eigenvalue weighted by Crippen LogP contribution is 2.01. The summed E-state index contributed by atoms with van der Waals surface area (Å²) in [6.07, 6.45) is 1.61. The van der Waals surface area contributed by atoms with Crippen LogP contribution in [0.15, 0.2) is 21.9 Å². The third kappa shape index (κ3) is 2.95. The van der Waals surface area contributed by atoms with Gasteiger partial charge < -0.3 is 0 Å².